The van der Waals surface area contributed by atoms with E-state index < -0.39 is 0 Å². The summed E-state index contributed by atoms with van der Waals surface area (Å²) in [6.07, 6.45) is 17.2. The Hall–Kier alpha value is -3.12. The summed E-state index contributed by atoms with van der Waals surface area (Å²) >= 11 is 0. The Morgan fingerprint density at radius 1 is 0.848 bits per heavy atom. The third-order valence-corrected chi connectivity index (χ3v) is 11.0. The van der Waals surface area contributed by atoms with Gasteiger partial charge in [-0.15, -0.1) is 0 Å². The van der Waals surface area contributed by atoms with Crippen molar-refractivity contribution in [2.24, 2.45) is 23.2 Å². The molecule has 46 heavy (non-hydrogen) atoms. The zero-order valence-corrected chi connectivity index (χ0v) is 30.2. The Balaban J connectivity index is 0.000000692. The van der Waals surface area contributed by atoms with Crippen LogP contribution in [0.1, 0.15) is 137 Å². The maximum atomic E-state index is 4.29. The van der Waals surface area contributed by atoms with Gasteiger partial charge in [-0.2, -0.15) is 0 Å². The zero-order chi connectivity index (χ0) is 32.7. The van der Waals surface area contributed by atoms with E-state index in [9.17, 15) is 0 Å². The molecule has 3 aromatic rings. The molecule has 4 unspecified atom stereocenters. The van der Waals surface area contributed by atoms with Crippen molar-refractivity contribution >= 4 is 17.2 Å². The average molecular weight is 611 g/mol. The predicted molar refractivity (Wildman–Crippen MR) is 202 cm³/mol. The molecule has 0 aromatic heterocycles. The Morgan fingerprint density at radius 2 is 1.52 bits per heavy atom. The van der Waals surface area contributed by atoms with E-state index >= 15 is 0 Å². The summed E-state index contributed by atoms with van der Waals surface area (Å²) in [6.45, 7) is 22.1. The minimum absolute atomic E-state index is 0.500. The highest BCUT2D eigenvalue weighted by atomic mass is 14.4. The van der Waals surface area contributed by atoms with E-state index in [1.807, 2.05) is 0 Å². The smallest absolute Gasteiger partial charge is 0.000174 e. The lowest BCUT2D eigenvalue weighted by Crippen LogP contribution is -2.28. The molecule has 0 nitrogen and oxygen atoms in total. The second-order valence-corrected chi connectivity index (χ2v) is 17.0. The molecular formula is C46H58. The lowest BCUT2D eigenvalue weighted by molar-refractivity contribution is 0.150. The van der Waals surface area contributed by atoms with Crippen LogP contribution in [0.2, 0.25) is 0 Å². The predicted octanol–water partition coefficient (Wildman–Crippen LogP) is 13.3. The largest absolute Gasteiger partial charge is 0.0998 e. The molecule has 0 aliphatic heterocycles. The van der Waals surface area contributed by atoms with Crippen molar-refractivity contribution in [1.82, 2.24) is 0 Å². The van der Waals surface area contributed by atoms with E-state index in [4.69, 9.17) is 0 Å². The number of benzene rings is 3. The molecule has 0 radical (unpaired) electrons. The van der Waals surface area contributed by atoms with E-state index in [1.54, 1.807) is 16.7 Å². The quantitative estimate of drug-likeness (QED) is 0.252. The van der Waals surface area contributed by atoms with Crippen LogP contribution in [0.15, 0.2) is 66.8 Å². The van der Waals surface area contributed by atoms with Gasteiger partial charge in [-0.3, -0.25) is 0 Å². The van der Waals surface area contributed by atoms with Crippen LogP contribution in [0, 0.1) is 37.0 Å². The first kappa shape index (κ1) is 32.8. The first-order valence-electron chi connectivity index (χ1n) is 18.3. The molecule has 2 fully saturated rings. The van der Waals surface area contributed by atoms with Crippen LogP contribution in [0.25, 0.3) is 28.3 Å². The van der Waals surface area contributed by atoms with Crippen molar-refractivity contribution in [3.8, 4) is 11.1 Å². The van der Waals surface area contributed by atoms with E-state index in [0.717, 1.165) is 30.6 Å². The highest BCUT2D eigenvalue weighted by Crippen LogP contribution is 2.51. The lowest BCUT2D eigenvalue weighted by Gasteiger charge is -2.40. The first-order chi connectivity index (χ1) is 21.9. The van der Waals surface area contributed by atoms with Crippen molar-refractivity contribution < 1.29 is 0 Å². The molecule has 0 N–H and O–H groups in total. The van der Waals surface area contributed by atoms with Gasteiger partial charge in [-0.05, 0) is 143 Å². The number of hydrogen-bond acceptors (Lipinski definition) is 0. The summed E-state index contributed by atoms with van der Waals surface area (Å²) < 4.78 is 0. The maximum absolute atomic E-state index is 4.29. The molecule has 7 rings (SSSR count). The summed E-state index contributed by atoms with van der Waals surface area (Å²) in [5, 5.41) is 0. The molecule has 0 heteroatoms. The number of aryl methyl sites for hydroxylation is 2. The highest BCUT2D eigenvalue weighted by Gasteiger charge is 2.36. The molecule has 0 spiro atoms. The van der Waals surface area contributed by atoms with E-state index in [0.29, 0.717) is 11.3 Å². The Bertz CT molecular complexity index is 1660. The SMILES string of the molecule is C=C(C)Cc1c(C)cc2c(c1-c1ccc(C)cc1)CC(c1ccc3c(c1)C(C1CCC4CCCCC4C1)=CC3C)=C2.CC(C)(C)C. The lowest BCUT2D eigenvalue weighted by atomic mass is 9.65. The Kier molecular flexibility index (Phi) is 9.40. The number of allylic oxidation sites excluding steroid dienone is 4. The van der Waals surface area contributed by atoms with Gasteiger partial charge < -0.3 is 0 Å². The molecule has 0 heterocycles. The average Bonchev–Trinajstić information content (AvgIpc) is 3.57. The van der Waals surface area contributed by atoms with Gasteiger partial charge in [-0.1, -0.05) is 133 Å². The molecular weight excluding hydrogens is 553 g/mol. The van der Waals surface area contributed by atoms with Crippen LogP contribution in [0.4, 0.5) is 0 Å². The number of fused-ring (bicyclic) bond motifs is 3. The minimum atomic E-state index is 0.500. The van der Waals surface area contributed by atoms with E-state index in [-0.39, 0.29) is 0 Å². The van der Waals surface area contributed by atoms with E-state index in [1.165, 1.54) is 101 Å². The molecule has 0 bridgehead atoms. The van der Waals surface area contributed by atoms with E-state index in [2.05, 4.69) is 123 Å². The van der Waals surface area contributed by atoms with Crippen molar-refractivity contribution in [3.05, 3.63) is 111 Å². The molecule has 242 valence electrons. The summed E-state index contributed by atoms with van der Waals surface area (Å²) in [4.78, 5) is 0. The van der Waals surface area contributed by atoms with Crippen molar-refractivity contribution in [2.75, 3.05) is 0 Å². The second kappa shape index (κ2) is 13.2. The van der Waals surface area contributed by atoms with Crippen molar-refractivity contribution in [1.29, 1.82) is 0 Å². The van der Waals surface area contributed by atoms with Gasteiger partial charge in [0.2, 0.25) is 0 Å². The molecule has 0 saturated heterocycles. The summed E-state index contributed by atoms with van der Waals surface area (Å²) in [5.74, 6) is 3.26. The monoisotopic (exact) mass is 610 g/mol. The number of hydrogen-bond donors (Lipinski definition) is 0. The maximum Gasteiger partial charge on any atom is 0.000174 e. The van der Waals surface area contributed by atoms with Gasteiger partial charge >= 0.3 is 0 Å². The van der Waals surface area contributed by atoms with Crippen molar-refractivity contribution in [3.63, 3.8) is 0 Å². The van der Waals surface area contributed by atoms with Gasteiger partial charge in [0.15, 0.2) is 0 Å². The summed E-state index contributed by atoms with van der Waals surface area (Å²) in [6, 6.07) is 19.0. The fourth-order valence-corrected chi connectivity index (χ4v) is 8.83. The molecule has 2 saturated carbocycles. The zero-order valence-electron chi connectivity index (χ0n) is 30.2. The fraction of sp³-hybridized carbons (Fsp3) is 0.478. The highest BCUT2D eigenvalue weighted by molar-refractivity contribution is 5.94. The normalized spacial score (nSPS) is 23.4. The molecule has 4 aliphatic rings. The van der Waals surface area contributed by atoms with Gasteiger partial charge in [0.1, 0.15) is 0 Å². The van der Waals surface area contributed by atoms with Crippen LogP contribution in [0.3, 0.4) is 0 Å². The van der Waals surface area contributed by atoms with Gasteiger partial charge in [0, 0.05) is 5.92 Å². The molecule has 0 amide bonds. The first-order valence-corrected chi connectivity index (χ1v) is 18.3. The third kappa shape index (κ3) is 7.07. The second-order valence-electron chi connectivity index (χ2n) is 17.0. The summed E-state index contributed by atoms with van der Waals surface area (Å²) in [7, 11) is 0. The standard InChI is InChI=1S/C41H46.C5H12/c1-25(2)18-37-27(4)19-35-22-34(24-39(35)41(37)30-12-10-26(3)11-13-30)32-16-17-36-28(5)20-38(40(36)23-32)33-15-14-29-8-6-7-9-31(29)21-33;1-5(2,3)4/h10-13,16-17,19-20,22-23,28-29,31,33H,1,6-9,14-15,18,21,24H2,2-5H3;1-4H3. The fourth-order valence-electron chi connectivity index (χ4n) is 8.83. The number of rotatable bonds is 5. The third-order valence-electron chi connectivity index (χ3n) is 11.0. The molecule has 4 aliphatic carbocycles. The van der Waals surface area contributed by atoms with Gasteiger partial charge in [0.05, 0.1) is 0 Å². The van der Waals surface area contributed by atoms with Crippen LogP contribution < -0.4 is 0 Å². The van der Waals surface area contributed by atoms with Crippen LogP contribution in [0.5, 0.6) is 0 Å². The Labute approximate surface area is 281 Å². The topological polar surface area (TPSA) is 0 Å². The van der Waals surface area contributed by atoms with Gasteiger partial charge in [-0.25, -0.2) is 0 Å². The Morgan fingerprint density at radius 3 is 2.22 bits per heavy atom. The minimum Gasteiger partial charge on any atom is -0.0998 e. The summed E-state index contributed by atoms with van der Waals surface area (Å²) in [5.41, 5.74) is 19.2. The van der Waals surface area contributed by atoms with Crippen LogP contribution >= 0.6 is 0 Å². The molecule has 3 aromatic carbocycles. The van der Waals surface area contributed by atoms with Crippen LogP contribution in [-0.2, 0) is 12.8 Å². The van der Waals surface area contributed by atoms with Gasteiger partial charge in [0.25, 0.3) is 0 Å². The molecule has 4 atom stereocenters. The van der Waals surface area contributed by atoms with Crippen molar-refractivity contribution in [2.45, 2.75) is 119 Å². The van der Waals surface area contributed by atoms with Crippen LogP contribution in [-0.4, -0.2) is 0 Å².